The Hall–Kier alpha value is -3.28. The van der Waals surface area contributed by atoms with Crippen molar-refractivity contribution < 1.29 is 18.3 Å². The number of pyridine rings is 1. The zero-order valence-electron chi connectivity index (χ0n) is 15.2. The van der Waals surface area contributed by atoms with Gasteiger partial charge < -0.3 is 10.1 Å². The first kappa shape index (κ1) is 18.1. The van der Waals surface area contributed by atoms with Gasteiger partial charge in [-0.3, -0.25) is 9.78 Å². The van der Waals surface area contributed by atoms with E-state index in [1.54, 1.807) is 6.20 Å². The van der Waals surface area contributed by atoms with Gasteiger partial charge in [-0.05, 0) is 42.3 Å². The summed E-state index contributed by atoms with van der Waals surface area (Å²) in [6.07, 6.45) is 2.12. The number of carbonyl (C=O) groups is 1. The second kappa shape index (κ2) is 7.38. The predicted molar refractivity (Wildman–Crippen MR) is 101 cm³/mol. The first-order valence-corrected chi connectivity index (χ1v) is 8.96. The van der Waals surface area contributed by atoms with Crippen molar-refractivity contribution >= 4 is 5.91 Å². The van der Waals surface area contributed by atoms with Gasteiger partial charge in [0, 0.05) is 18.2 Å². The molecule has 1 amide bonds. The Morgan fingerprint density at radius 1 is 1.18 bits per heavy atom. The zero-order valence-corrected chi connectivity index (χ0v) is 15.2. The molecule has 0 unspecified atom stereocenters. The molecule has 1 aliphatic heterocycles. The second-order valence-corrected chi connectivity index (χ2v) is 6.77. The average molecular weight is 380 g/mol. The molecule has 1 aliphatic rings. The Bertz CT molecular complexity index is 1040. The van der Waals surface area contributed by atoms with E-state index in [4.69, 9.17) is 4.74 Å². The molecule has 0 fully saturated rings. The van der Waals surface area contributed by atoms with Crippen LogP contribution in [0.1, 0.15) is 21.5 Å². The minimum atomic E-state index is -1.15. The molecule has 28 heavy (non-hydrogen) atoms. The fraction of sp³-hybridized carbons (Fsp3) is 0.182. The van der Waals surface area contributed by atoms with Crippen molar-refractivity contribution in [3.8, 4) is 17.0 Å². The van der Waals surface area contributed by atoms with Gasteiger partial charge in [0.25, 0.3) is 5.91 Å². The highest BCUT2D eigenvalue weighted by Gasteiger charge is 2.27. The number of hydrogen-bond acceptors (Lipinski definition) is 3. The molecule has 0 saturated heterocycles. The molecule has 0 aliphatic carbocycles. The lowest BCUT2D eigenvalue weighted by molar-refractivity contribution is 0.0928. The highest BCUT2D eigenvalue weighted by molar-refractivity contribution is 5.94. The molecule has 0 radical (unpaired) electrons. The van der Waals surface area contributed by atoms with E-state index in [0.29, 0.717) is 6.42 Å². The van der Waals surface area contributed by atoms with E-state index in [2.05, 4.69) is 10.3 Å². The number of benzene rings is 2. The van der Waals surface area contributed by atoms with Crippen molar-refractivity contribution in [3.05, 3.63) is 83.1 Å². The Morgan fingerprint density at radius 3 is 2.79 bits per heavy atom. The van der Waals surface area contributed by atoms with E-state index >= 15 is 0 Å². The van der Waals surface area contributed by atoms with Gasteiger partial charge >= 0.3 is 0 Å². The Kier molecular flexibility index (Phi) is 4.77. The lowest BCUT2D eigenvalue weighted by Gasteiger charge is -2.14. The molecule has 1 N–H and O–H groups in total. The van der Waals surface area contributed by atoms with Crippen LogP contribution in [0.4, 0.5) is 8.78 Å². The summed E-state index contributed by atoms with van der Waals surface area (Å²) in [5.74, 6) is -2.12. The quantitative estimate of drug-likeness (QED) is 0.742. The van der Waals surface area contributed by atoms with E-state index < -0.39 is 17.5 Å². The number of rotatable bonds is 4. The standard InChI is InChI=1S/C22H18F2N2O2/c1-13-8-9-19(25-11-13)16-5-2-4-14-10-15(28-21(14)16)12-26-22(27)17-6-3-7-18(23)20(17)24/h2-9,11,15H,10,12H2,1H3,(H,26,27)/t15-/m1/s1. The maximum Gasteiger partial charge on any atom is 0.254 e. The fourth-order valence-corrected chi connectivity index (χ4v) is 3.26. The largest absolute Gasteiger partial charge is 0.487 e. The van der Waals surface area contributed by atoms with E-state index in [1.165, 1.54) is 12.1 Å². The maximum absolute atomic E-state index is 13.8. The summed E-state index contributed by atoms with van der Waals surface area (Å²) in [4.78, 5) is 16.6. The smallest absolute Gasteiger partial charge is 0.254 e. The number of nitrogens with one attached hydrogen (secondary N) is 1. The van der Waals surface area contributed by atoms with Crippen LogP contribution in [0.5, 0.6) is 5.75 Å². The van der Waals surface area contributed by atoms with Crippen molar-refractivity contribution in [2.75, 3.05) is 6.54 Å². The van der Waals surface area contributed by atoms with E-state index in [0.717, 1.165) is 34.2 Å². The van der Waals surface area contributed by atoms with Crippen molar-refractivity contribution in [3.63, 3.8) is 0 Å². The van der Waals surface area contributed by atoms with Crippen molar-refractivity contribution in [2.24, 2.45) is 0 Å². The lowest BCUT2D eigenvalue weighted by atomic mass is 10.0. The van der Waals surface area contributed by atoms with Gasteiger partial charge in [0.05, 0.1) is 17.8 Å². The minimum Gasteiger partial charge on any atom is -0.487 e. The number of hydrogen-bond donors (Lipinski definition) is 1. The maximum atomic E-state index is 13.8. The summed E-state index contributed by atoms with van der Waals surface area (Å²) in [5.41, 5.74) is 3.48. The molecular weight excluding hydrogens is 362 g/mol. The number of aryl methyl sites for hydroxylation is 1. The molecule has 4 nitrogen and oxygen atoms in total. The van der Waals surface area contributed by atoms with E-state index in [-0.39, 0.29) is 18.2 Å². The number of ether oxygens (including phenoxy) is 1. The van der Waals surface area contributed by atoms with Gasteiger partial charge in [-0.2, -0.15) is 0 Å². The number of para-hydroxylation sites is 1. The average Bonchev–Trinajstić information content (AvgIpc) is 3.12. The monoisotopic (exact) mass is 380 g/mol. The highest BCUT2D eigenvalue weighted by atomic mass is 19.2. The highest BCUT2D eigenvalue weighted by Crippen LogP contribution is 2.37. The lowest BCUT2D eigenvalue weighted by Crippen LogP contribution is -2.35. The van der Waals surface area contributed by atoms with Crippen LogP contribution in [0.3, 0.4) is 0 Å². The summed E-state index contributed by atoms with van der Waals surface area (Å²) in [5, 5.41) is 2.62. The predicted octanol–water partition coefficient (Wildman–Crippen LogP) is 4.07. The summed E-state index contributed by atoms with van der Waals surface area (Å²) in [7, 11) is 0. The summed E-state index contributed by atoms with van der Waals surface area (Å²) < 4.78 is 33.1. The van der Waals surface area contributed by atoms with Crippen molar-refractivity contribution in [1.82, 2.24) is 10.3 Å². The Morgan fingerprint density at radius 2 is 2.00 bits per heavy atom. The molecule has 4 rings (SSSR count). The summed E-state index contributed by atoms with van der Waals surface area (Å²) >= 11 is 0. The number of fused-ring (bicyclic) bond motifs is 1. The van der Waals surface area contributed by atoms with E-state index in [1.807, 2.05) is 37.3 Å². The first-order valence-electron chi connectivity index (χ1n) is 8.96. The van der Waals surface area contributed by atoms with Gasteiger partial charge in [0.15, 0.2) is 11.6 Å². The topological polar surface area (TPSA) is 51.2 Å². The van der Waals surface area contributed by atoms with Gasteiger partial charge in [-0.1, -0.05) is 24.3 Å². The second-order valence-electron chi connectivity index (χ2n) is 6.77. The SMILES string of the molecule is Cc1ccc(-c2cccc3c2O[C@@H](CNC(=O)c2cccc(F)c2F)C3)nc1. The molecule has 1 aromatic heterocycles. The van der Waals surface area contributed by atoms with Crippen LogP contribution in [0.2, 0.25) is 0 Å². The van der Waals surface area contributed by atoms with Gasteiger partial charge in [-0.15, -0.1) is 0 Å². The van der Waals surface area contributed by atoms with Gasteiger partial charge in [-0.25, -0.2) is 8.78 Å². The van der Waals surface area contributed by atoms with Crippen LogP contribution >= 0.6 is 0 Å². The molecule has 142 valence electrons. The third-order valence-corrected chi connectivity index (χ3v) is 4.70. The molecular formula is C22H18F2N2O2. The number of halogens is 2. The van der Waals surface area contributed by atoms with Crippen LogP contribution in [0, 0.1) is 18.6 Å². The van der Waals surface area contributed by atoms with Crippen LogP contribution < -0.4 is 10.1 Å². The molecule has 6 heteroatoms. The molecule has 0 saturated carbocycles. The van der Waals surface area contributed by atoms with E-state index in [9.17, 15) is 13.6 Å². The van der Waals surface area contributed by atoms with Crippen LogP contribution in [0.15, 0.2) is 54.7 Å². The van der Waals surface area contributed by atoms with Crippen LogP contribution in [-0.4, -0.2) is 23.5 Å². The first-order chi connectivity index (χ1) is 13.5. The molecule has 0 bridgehead atoms. The zero-order chi connectivity index (χ0) is 19.7. The summed E-state index contributed by atoms with van der Waals surface area (Å²) in [6, 6.07) is 13.3. The third kappa shape index (κ3) is 3.45. The number of amides is 1. The Labute approximate surface area is 161 Å². The molecule has 2 heterocycles. The van der Waals surface area contributed by atoms with Crippen molar-refractivity contribution in [2.45, 2.75) is 19.4 Å². The minimum absolute atomic E-state index is 0.185. The summed E-state index contributed by atoms with van der Waals surface area (Å²) in [6.45, 7) is 2.16. The number of aromatic nitrogens is 1. The number of nitrogens with zero attached hydrogens (tertiary/aromatic N) is 1. The normalized spacial score (nSPS) is 15.0. The third-order valence-electron chi connectivity index (χ3n) is 4.70. The van der Waals surface area contributed by atoms with Crippen LogP contribution in [-0.2, 0) is 6.42 Å². The van der Waals surface area contributed by atoms with Crippen molar-refractivity contribution in [1.29, 1.82) is 0 Å². The molecule has 2 aromatic carbocycles. The molecule has 1 atom stereocenters. The van der Waals surface area contributed by atoms with Gasteiger partial charge in [0.2, 0.25) is 0 Å². The fourth-order valence-electron chi connectivity index (χ4n) is 3.26. The van der Waals surface area contributed by atoms with Crippen LogP contribution in [0.25, 0.3) is 11.3 Å². The van der Waals surface area contributed by atoms with Gasteiger partial charge in [0.1, 0.15) is 11.9 Å². The number of carbonyl (C=O) groups excluding carboxylic acids is 1. The molecule has 0 spiro atoms. The Balaban J connectivity index is 1.47. The molecule has 3 aromatic rings.